The van der Waals surface area contributed by atoms with Crippen molar-refractivity contribution in [3.05, 3.63) is 111 Å². The van der Waals surface area contributed by atoms with Crippen molar-refractivity contribution in [1.29, 1.82) is 0 Å². The van der Waals surface area contributed by atoms with Crippen molar-refractivity contribution in [1.82, 2.24) is 9.78 Å². The van der Waals surface area contributed by atoms with Crippen LogP contribution in [0.4, 0.5) is 5.69 Å². The molecule has 0 saturated heterocycles. The molecule has 1 heterocycles. The van der Waals surface area contributed by atoms with Gasteiger partial charge in [0.1, 0.15) is 12.4 Å². The number of rotatable bonds is 7. The van der Waals surface area contributed by atoms with Crippen LogP contribution in [0.3, 0.4) is 0 Å². The van der Waals surface area contributed by atoms with Gasteiger partial charge in [-0.1, -0.05) is 51.8 Å². The third kappa shape index (κ3) is 5.78. The number of benzene rings is 3. The zero-order valence-electron chi connectivity index (χ0n) is 17.4. The molecule has 0 aliphatic carbocycles. The highest BCUT2D eigenvalue weighted by Gasteiger charge is 2.08. The van der Waals surface area contributed by atoms with E-state index in [1.807, 2.05) is 67.7 Å². The normalized spacial score (nSPS) is 10.7. The number of carbonyl (C=O) groups excluding carboxylic acids is 1. The molecule has 0 spiro atoms. The number of aryl methyl sites for hydroxylation is 1. The minimum absolute atomic E-state index is 0.186. The van der Waals surface area contributed by atoms with Gasteiger partial charge >= 0.3 is 0 Å². The van der Waals surface area contributed by atoms with Crippen LogP contribution < -0.4 is 10.1 Å². The quantitative estimate of drug-likeness (QED) is 0.309. The molecule has 7 heteroatoms. The van der Waals surface area contributed by atoms with Gasteiger partial charge in [-0.05, 0) is 66.1 Å². The van der Waals surface area contributed by atoms with Gasteiger partial charge in [0.05, 0.1) is 18.4 Å². The average Bonchev–Trinajstić information content (AvgIpc) is 3.23. The molecule has 32 heavy (non-hydrogen) atoms. The Morgan fingerprint density at radius 3 is 2.50 bits per heavy atom. The second-order valence-corrected chi connectivity index (χ2v) is 8.73. The van der Waals surface area contributed by atoms with Crippen molar-refractivity contribution < 1.29 is 9.53 Å². The molecule has 1 aromatic heterocycles. The lowest BCUT2D eigenvalue weighted by Crippen LogP contribution is -2.11. The van der Waals surface area contributed by atoms with Gasteiger partial charge in [0.2, 0.25) is 0 Å². The summed E-state index contributed by atoms with van der Waals surface area (Å²) in [5.74, 6) is 0.572. The second-order valence-electron chi connectivity index (χ2n) is 7.40. The lowest BCUT2D eigenvalue weighted by Gasteiger charge is -2.09. The van der Waals surface area contributed by atoms with E-state index in [0.29, 0.717) is 29.4 Å². The lowest BCUT2D eigenvalue weighted by molar-refractivity contribution is 0.102. The Morgan fingerprint density at radius 1 is 1.06 bits per heavy atom. The van der Waals surface area contributed by atoms with Gasteiger partial charge in [-0.15, -0.1) is 0 Å². The monoisotopic (exact) mass is 509 g/mol. The lowest BCUT2D eigenvalue weighted by atomic mass is 10.1. The summed E-state index contributed by atoms with van der Waals surface area (Å²) in [7, 11) is 0. The molecule has 1 amide bonds. The smallest absolute Gasteiger partial charge is 0.255 e. The van der Waals surface area contributed by atoms with Gasteiger partial charge in [0.25, 0.3) is 5.91 Å². The predicted molar refractivity (Wildman–Crippen MR) is 130 cm³/mol. The van der Waals surface area contributed by atoms with Gasteiger partial charge in [0.15, 0.2) is 0 Å². The van der Waals surface area contributed by atoms with E-state index in [9.17, 15) is 4.79 Å². The van der Waals surface area contributed by atoms with Crippen LogP contribution in [-0.2, 0) is 13.2 Å². The fourth-order valence-electron chi connectivity index (χ4n) is 3.12. The molecule has 0 aliphatic heterocycles. The highest BCUT2D eigenvalue weighted by molar-refractivity contribution is 9.10. The van der Waals surface area contributed by atoms with Crippen molar-refractivity contribution in [3.8, 4) is 5.75 Å². The van der Waals surface area contributed by atoms with Gasteiger partial charge in [0, 0.05) is 21.3 Å². The number of ether oxygens (including phenoxy) is 1. The molecule has 4 aromatic rings. The maximum absolute atomic E-state index is 12.6. The Morgan fingerprint density at radius 2 is 1.78 bits per heavy atom. The number of halogens is 2. The van der Waals surface area contributed by atoms with E-state index in [1.54, 1.807) is 23.0 Å². The molecule has 0 saturated carbocycles. The Bertz CT molecular complexity index is 1220. The van der Waals surface area contributed by atoms with E-state index in [1.165, 1.54) is 0 Å². The summed E-state index contributed by atoms with van der Waals surface area (Å²) in [6, 6.07) is 21.0. The number of nitrogens with zero attached hydrogens (tertiary/aromatic N) is 2. The Balaban J connectivity index is 1.32. The molecule has 0 bridgehead atoms. The van der Waals surface area contributed by atoms with Crippen molar-refractivity contribution in [3.63, 3.8) is 0 Å². The fraction of sp³-hybridized carbons (Fsp3) is 0.120. The molecule has 3 aromatic carbocycles. The summed E-state index contributed by atoms with van der Waals surface area (Å²) in [6.45, 7) is 2.98. The molecule has 5 nitrogen and oxygen atoms in total. The molecule has 4 rings (SSSR count). The van der Waals surface area contributed by atoms with Crippen LogP contribution in [0.25, 0.3) is 0 Å². The van der Waals surface area contributed by atoms with Crippen LogP contribution in [0.1, 0.15) is 27.0 Å². The van der Waals surface area contributed by atoms with Crippen molar-refractivity contribution in [2.75, 3.05) is 5.32 Å². The highest BCUT2D eigenvalue weighted by atomic mass is 79.9. The standard InChI is InChI=1S/C25H21BrClN3O2/c1-17-12-23(10-11-24(17)27)32-16-19-2-6-20(7-3-19)25(31)29-22-13-28-30(15-22)14-18-4-8-21(26)9-5-18/h2-13,15H,14,16H2,1H3,(H,29,31). The van der Waals surface area contributed by atoms with Crippen molar-refractivity contribution in [2.24, 2.45) is 0 Å². The number of carbonyl (C=O) groups is 1. The van der Waals surface area contributed by atoms with E-state index in [0.717, 1.165) is 26.9 Å². The molecular weight excluding hydrogens is 490 g/mol. The van der Waals surface area contributed by atoms with Crippen LogP contribution in [-0.4, -0.2) is 15.7 Å². The number of anilines is 1. The van der Waals surface area contributed by atoms with Crippen LogP contribution >= 0.6 is 27.5 Å². The number of aromatic nitrogens is 2. The largest absolute Gasteiger partial charge is 0.489 e. The van der Waals surface area contributed by atoms with E-state index in [-0.39, 0.29) is 5.91 Å². The Hall–Kier alpha value is -3.09. The van der Waals surface area contributed by atoms with E-state index >= 15 is 0 Å². The first-order valence-corrected chi connectivity index (χ1v) is 11.2. The summed E-state index contributed by atoms with van der Waals surface area (Å²) in [5, 5.41) is 7.93. The van der Waals surface area contributed by atoms with Crippen molar-refractivity contribution >= 4 is 39.1 Å². The van der Waals surface area contributed by atoms with E-state index in [2.05, 4.69) is 26.3 Å². The number of hydrogen-bond acceptors (Lipinski definition) is 3. The third-order valence-corrected chi connectivity index (χ3v) is 5.85. The molecule has 0 atom stereocenters. The topological polar surface area (TPSA) is 56.1 Å². The first-order chi connectivity index (χ1) is 15.5. The minimum Gasteiger partial charge on any atom is -0.489 e. The number of nitrogens with one attached hydrogen (secondary N) is 1. The molecule has 0 fully saturated rings. The summed E-state index contributed by atoms with van der Waals surface area (Å²) in [5.41, 5.74) is 4.28. The van der Waals surface area contributed by atoms with Crippen LogP contribution in [0, 0.1) is 6.92 Å². The predicted octanol–water partition coefficient (Wildman–Crippen LogP) is 6.49. The molecule has 1 N–H and O–H groups in total. The second kappa shape index (κ2) is 10.0. The van der Waals surface area contributed by atoms with Crippen LogP contribution in [0.5, 0.6) is 5.75 Å². The fourth-order valence-corrected chi connectivity index (χ4v) is 3.50. The van der Waals surface area contributed by atoms with E-state index in [4.69, 9.17) is 16.3 Å². The SMILES string of the molecule is Cc1cc(OCc2ccc(C(=O)Nc3cnn(Cc4ccc(Br)cc4)c3)cc2)ccc1Cl. The zero-order chi connectivity index (χ0) is 22.5. The van der Waals surface area contributed by atoms with Gasteiger partial charge < -0.3 is 10.1 Å². The van der Waals surface area contributed by atoms with Crippen molar-refractivity contribution in [2.45, 2.75) is 20.1 Å². The first-order valence-electron chi connectivity index (χ1n) is 10.0. The molecule has 162 valence electrons. The van der Waals surface area contributed by atoms with Crippen LogP contribution in [0.15, 0.2) is 83.6 Å². The highest BCUT2D eigenvalue weighted by Crippen LogP contribution is 2.22. The summed E-state index contributed by atoms with van der Waals surface area (Å²) >= 11 is 9.48. The molecule has 0 unspecified atom stereocenters. The summed E-state index contributed by atoms with van der Waals surface area (Å²) in [4.78, 5) is 12.6. The maximum atomic E-state index is 12.6. The van der Waals surface area contributed by atoms with Gasteiger partial charge in [-0.2, -0.15) is 5.10 Å². The molecule has 0 radical (unpaired) electrons. The van der Waals surface area contributed by atoms with Gasteiger partial charge in [-0.25, -0.2) is 0 Å². The first kappa shape index (κ1) is 22.1. The number of amides is 1. The number of hydrogen-bond donors (Lipinski definition) is 1. The average molecular weight is 511 g/mol. The maximum Gasteiger partial charge on any atom is 0.255 e. The minimum atomic E-state index is -0.186. The zero-order valence-corrected chi connectivity index (χ0v) is 19.7. The molecule has 0 aliphatic rings. The summed E-state index contributed by atoms with van der Waals surface area (Å²) < 4.78 is 8.63. The Kier molecular flexibility index (Phi) is 6.93. The van der Waals surface area contributed by atoms with Crippen LogP contribution in [0.2, 0.25) is 5.02 Å². The summed E-state index contributed by atoms with van der Waals surface area (Å²) in [6.07, 6.45) is 3.46. The van der Waals surface area contributed by atoms with Gasteiger partial charge in [-0.3, -0.25) is 9.48 Å². The molecular formula is C25H21BrClN3O2. The van der Waals surface area contributed by atoms with E-state index < -0.39 is 0 Å². The third-order valence-electron chi connectivity index (χ3n) is 4.90. The Labute approximate surface area is 200 Å².